The average Bonchev–Trinajstić information content (AvgIpc) is 3.41. The maximum Gasteiger partial charge on any atom is 0.338 e. The van der Waals surface area contributed by atoms with Crippen LogP contribution in [-0.2, 0) is 32.5 Å². The number of carbonyl (C=O) groups excluding carboxylic acids is 3. The topological polar surface area (TPSA) is 122 Å². The van der Waals surface area contributed by atoms with Gasteiger partial charge in [0.15, 0.2) is 6.61 Å². The van der Waals surface area contributed by atoms with Crippen LogP contribution in [0.25, 0.3) is 0 Å². The second kappa shape index (κ2) is 10.2. The van der Waals surface area contributed by atoms with Gasteiger partial charge in [0, 0.05) is 13.1 Å². The summed E-state index contributed by atoms with van der Waals surface area (Å²) in [4.78, 5) is 36.5. The highest BCUT2D eigenvalue weighted by atomic mass is 32.2. The second-order valence-electron chi connectivity index (χ2n) is 7.44. The van der Waals surface area contributed by atoms with Crippen molar-refractivity contribution in [3.8, 4) is 0 Å². The SMILES string of the molecule is O=C(COC(=O)c1cccc(S(=O)(=O)N2CCc3ccccc3C2)c1)NNC(=O)c1cccs1. The quantitative estimate of drug-likeness (QED) is 0.396. The Bertz CT molecular complexity index is 1320. The Balaban J connectivity index is 1.35. The van der Waals surface area contributed by atoms with Crippen LogP contribution in [0, 0.1) is 0 Å². The molecule has 0 atom stereocenters. The number of hydrazine groups is 1. The van der Waals surface area contributed by atoms with Gasteiger partial charge in [-0.05, 0) is 47.2 Å². The van der Waals surface area contributed by atoms with Crippen molar-refractivity contribution >= 4 is 39.1 Å². The van der Waals surface area contributed by atoms with E-state index in [0.29, 0.717) is 17.8 Å². The first-order valence-electron chi connectivity index (χ1n) is 10.3. The fraction of sp³-hybridized carbons (Fsp3) is 0.174. The van der Waals surface area contributed by atoms with Gasteiger partial charge < -0.3 is 4.74 Å². The fourth-order valence-corrected chi connectivity index (χ4v) is 5.54. The van der Waals surface area contributed by atoms with Crippen molar-refractivity contribution in [1.29, 1.82) is 0 Å². The highest BCUT2D eigenvalue weighted by Gasteiger charge is 2.28. The Hall–Kier alpha value is -3.54. The molecule has 1 aliphatic rings. The number of hydrogen-bond donors (Lipinski definition) is 2. The zero-order chi connectivity index (χ0) is 24.1. The molecule has 0 fully saturated rings. The van der Waals surface area contributed by atoms with Crippen LogP contribution >= 0.6 is 11.3 Å². The van der Waals surface area contributed by atoms with Crippen LogP contribution < -0.4 is 10.9 Å². The third kappa shape index (κ3) is 5.33. The molecule has 2 N–H and O–H groups in total. The van der Waals surface area contributed by atoms with Gasteiger partial charge in [0.2, 0.25) is 10.0 Å². The van der Waals surface area contributed by atoms with Crippen molar-refractivity contribution in [2.75, 3.05) is 13.2 Å². The molecular formula is C23H21N3O6S2. The maximum absolute atomic E-state index is 13.2. The largest absolute Gasteiger partial charge is 0.452 e. The summed E-state index contributed by atoms with van der Waals surface area (Å²) >= 11 is 1.21. The maximum atomic E-state index is 13.2. The molecule has 0 bridgehead atoms. The molecule has 0 aliphatic carbocycles. The van der Waals surface area contributed by atoms with Gasteiger partial charge in [0.25, 0.3) is 11.8 Å². The molecular weight excluding hydrogens is 478 g/mol. The number of amides is 2. The second-order valence-corrected chi connectivity index (χ2v) is 10.3. The summed E-state index contributed by atoms with van der Waals surface area (Å²) in [6.45, 7) is -0.0562. The monoisotopic (exact) mass is 499 g/mol. The molecule has 0 spiro atoms. The Kier molecular flexibility index (Phi) is 7.06. The number of rotatable bonds is 6. The first kappa shape index (κ1) is 23.6. The number of hydrogen-bond acceptors (Lipinski definition) is 7. The number of esters is 1. The van der Waals surface area contributed by atoms with Gasteiger partial charge in [-0.15, -0.1) is 11.3 Å². The number of ether oxygens (including phenoxy) is 1. The van der Waals surface area contributed by atoms with E-state index < -0.39 is 34.4 Å². The zero-order valence-electron chi connectivity index (χ0n) is 17.9. The van der Waals surface area contributed by atoms with Crippen LogP contribution in [-0.4, -0.2) is 43.7 Å². The predicted molar refractivity (Wildman–Crippen MR) is 124 cm³/mol. The number of nitrogens with zero attached hydrogens (tertiary/aromatic N) is 1. The summed E-state index contributed by atoms with van der Waals surface area (Å²) in [5.74, 6) is -2.09. The number of sulfonamides is 1. The molecule has 0 radical (unpaired) electrons. The normalized spacial score (nSPS) is 13.5. The van der Waals surface area contributed by atoms with Crippen LogP contribution in [0.15, 0.2) is 70.9 Å². The Morgan fingerprint density at radius 3 is 2.53 bits per heavy atom. The smallest absolute Gasteiger partial charge is 0.338 e. The van der Waals surface area contributed by atoms with Crippen molar-refractivity contribution in [2.24, 2.45) is 0 Å². The van der Waals surface area contributed by atoms with E-state index in [2.05, 4.69) is 10.9 Å². The van der Waals surface area contributed by atoms with Gasteiger partial charge in [0.1, 0.15) is 0 Å². The van der Waals surface area contributed by atoms with Crippen molar-refractivity contribution < 1.29 is 27.5 Å². The molecule has 11 heteroatoms. The van der Waals surface area contributed by atoms with Crippen molar-refractivity contribution in [3.63, 3.8) is 0 Å². The van der Waals surface area contributed by atoms with Gasteiger partial charge >= 0.3 is 5.97 Å². The van der Waals surface area contributed by atoms with E-state index in [1.165, 1.54) is 39.9 Å². The molecule has 34 heavy (non-hydrogen) atoms. The first-order chi connectivity index (χ1) is 16.3. The van der Waals surface area contributed by atoms with E-state index in [-0.39, 0.29) is 17.0 Å². The van der Waals surface area contributed by atoms with E-state index in [4.69, 9.17) is 4.74 Å². The highest BCUT2D eigenvalue weighted by molar-refractivity contribution is 7.89. The molecule has 2 heterocycles. The van der Waals surface area contributed by atoms with Gasteiger partial charge in [0.05, 0.1) is 15.3 Å². The van der Waals surface area contributed by atoms with E-state index >= 15 is 0 Å². The molecule has 0 saturated heterocycles. The van der Waals surface area contributed by atoms with Gasteiger partial charge in [-0.2, -0.15) is 4.31 Å². The highest BCUT2D eigenvalue weighted by Crippen LogP contribution is 2.25. The van der Waals surface area contributed by atoms with Gasteiger partial charge in [-0.3, -0.25) is 20.4 Å². The Labute approximate surface area is 200 Å². The lowest BCUT2D eigenvalue weighted by Gasteiger charge is -2.28. The molecule has 4 rings (SSSR count). The third-order valence-electron chi connectivity index (χ3n) is 5.20. The number of carbonyl (C=O) groups is 3. The summed E-state index contributed by atoms with van der Waals surface area (Å²) in [7, 11) is -3.83. The van der Waals surface area contributed by atoms with Crippen LogP contribution in [0.5, 0.6) is 0 Å². The molecule has 1 aromatic heterocycles. The molecule has 9 nitrogen and oxygen atoms in total. The summed E-state index contributed by atoms with van der Waals surface area (Å²) in [5.41, 5.74) is 6.43. The Morgan fingerprint density at radius 1 is 0.971 bits per heavy atom. The van der Waals surface area contributed by atoms with Crippen molar-refractivity contribution in [2.45, 2.75) is 17.9 Å². The minimum absolute atomic E-state index is 0.00564. The fourth-order valence-electron chi connectivity index (χ4n) is 3.45. The molecule has 176 valence electrons. The third-order valence-corrected chi connectivity index (χ3v) is 7.91. The van der Waals surface area contributed by atoms with E-state index in [0.717, 1.165) is 11.1 Å². The zero-order valence-corrected chi connectivity index (χ0v) is 19.5. The predicted octanol–water partition coefficient (Wildman–Crippen LogP) is 2.11. The van der Waals surface area contributed by atoms with Crippen molar-refractivity contribution in [3.05, 3.63) is 87.6 Å². The van der Waals surface area contributed by atoms with Gasteiger partial charge in [-0.25, -0.2) is 13.2 Å². The number of benzene rings is 2. The molecule has 0 saturated carbocycles. The summed E-state index contributed by atoms with van der Waals surface area (Å²) in [5, 5.41) is 1.72. The van der Waals surface area contributed by atoms with Crippen LogP contribution in [0.1, 0.15) is 31.2 Å². The van der Waals surface area contributed by atoms with Crippen LogP contribution in [0.4, 0.5) is 0 Å². The van der Waals surface area contributed by atoms with Gasteiger partial charge in [-0.1, -0.05) is 36.4 Å². The minimum atomic E-state index is -3.83. The summed E-state index contributed by atoms with van der Waals surface area (Å²) < 4.78 is 32.7. The summed E-state index contributed by atoms with van der Waals surface area (Å²) in [6.07, 6.45) is 0.606. The van der Waals surface area contributed by atoms with E-state index in [1.807, 2.05) is 24.3 Å². The standard InChI is InChI=1S/C23H21N3O6S2/c27-21(24-25-22(28)20-9-4-12-33-20)15-32-23(29)17-7-3-8-19(13-17)34(30,31)26-11-10-16-5-1-2-6-18(16)14-26/h1-9,12-13H,10-11,14-15H2,(H,24,27)(H,25,28). The van der Waals surface area contributed by atoms with Crippen LogP contribution in [0.3, 0.4) is 0 Å². The van der Waals surface area contributed by atoms with Crippen molar-refractivity contribution in [1.82, 2.24) is 15.2 Å². The number of nitrogens with one attached hydrogen (secondary N) is 2. The Morgan fingerprint density at radius 2 is 1.76 bits per heavy atom. The van der Waals surface area contributed by atoms with E-state index in [1.54, 1.807) is 17.5 Å². The van der Waals surface area contributed by atoms with Crippen LogP contribution in [0.2, 0.25) is 0 Å². The lowest BCUT2D eigenvalue weighted by atomic mass is 10.0. The molecule has 2 amide bonds. The number of fused-ring (bicyclic) bond motifs is 1. The molecule has 2 aromatic carbocycles. The number of thiophene rings is 1. The lowest BCUT2D eigenvalue weighted by molar-refractivity contribution is -0.125. The average molecular weight is 500 g/mol. The first-order valence-corrected chi connectivity index (χ1v) is 12.6. The summed E-state index contributed by atoms with van der Waals surface area (Å²) in [6, 6.07) is 16.5. The molecule has 0 unspecified atom stereocenters. The molecule has 3 aromatic rings. The van der Waals surface area contributed by atoms with E-state index in [9.17, 15) is 22.8 Å². The lowest BCUT2D eigenvalue weighted by Crippen LogP contribution is -2.43. The molecule has 1 aliphatic heterocycles. The minimum Gasteiger partial charge on any atom is -0.452 e.